The Morgan fingerprint density at radius 1 is 1.11 bits per heavy atom. The summed E-state index contributed by atoms with van der Waals surface area (Å²) in [6.45, 7) is 4.44. The van der Waals surface area contributed by atoms with Gasteiger partial charge in [0.25, 0.3) is 0 Å². The lowest BCUT2D eigenvalue weighted by Crippen LogP contribution is -2.13. The van der Waals surface area contributed by atoms with Crippen LogP contribution in [0.15, 0.2) is 0 Å². The SMILES string of the molecule is CCC[Si](CCC)OC. The standard InChI is InChI=1S/C7H17OSi/c1-4-6-9(8-3)7-5-2/h4-7H2,1-3H3. The molecule has 0 aliphatic heterocycles. The topological polar surface area (TPSA) is 9.23 Å². The smallest absolute Gasteiger partial charge is 0.210 e. The molecule has 2 heteroatoms. The summed E-state index contributed by atoms with van der Waals surface area (Å²) in [6.07, 6.45) is 2.56. The molecule has 0 amide bonds. The minimum atomic E-state index is -0.386. The van der Waals surface area contributed by atoms with Crippen molar-refractivity contribution in [1.82, 2.24) is 0 Å². The molecule has 0 aromatic carbocycles. The van der Waals surface area contributed by atoms with Crippen molar-refractivity contribution >= 4 is 9.04 Å². The summed E-state index contributed by atoms with van der Waals surface area (Å²) in [7, 11) is 1.46. The summed E-state index contributed by atoms with van der Waals surface area (Å²) in [4.78, 5) is 0. The predicted octanol–water partition coefficient (Wildman–Crippen LogP) is 2.44. The molecule has 55 valence electrons. The molecule has 0 bridgehead atoms. The fourth-order valence-electron chi connectivity index (χ4n) is 0.887. The average molecular weight is 145 g/mol. The Bertz CT molecular complexity index is 50.9. The number of hydrogen-bond donors (Lipinski definition) is 0. The fourth-order valence-corrected chi connectivity index (χ4v) is 2.66. The summed E-state index contributed by atoms with van der Waals surface area (Å²) in [5.41, 5.74) is 0. The van der Waals surface area contributed by atoms with Crippen LogP contribution in [0.5, 0.6) is 0 Å². The van der Waals surface area contributed by atoms with E-state index in [-0.39, 0.29) is 9.04 Å². The fraction of sp³-hybridized carbons (Fsp3) is 1.00. The Kier molecular flexibility index (Phi) is 6.42. The van der Waals surface area contributed by atoms with Gasteiger partial charge in [-0.1, -0.05) is 26.7 Å². The summed E-state index contributed by atoms with van der Waals surface area (Å²) in [5.74, 6) is 0. The quantitative estimate of drug-likeness (QED) is 0.540. The first kappa shape index (κ1) is 9.18. The molecule has 0 unspecified atom stereocenters. The molecule has 0 atom stereocenters. The molecule has 0 aliphatic rings. The van der Waals surface area contributed by atoms with Gasteiger partial charge in [0.1, 0.15) is 0 Å². The van der Waals surface area contributed by atoms with Gasteiger partial charge in [-0.25, -0.2) is 0 Å². The van der Waals surface area contributed by atoms with Crippen LogP contribution in [-0.2, 0) is 4.43 Å². The monoisotopic (exact) mass is 145 g/mol. The van der Waals surface area contributed by atoms with Crippen LogP contribution in [0.25, 0.3) is 0 Å². The lowest BCUT2D eigenvalue weighted by atomic mass is 10.6. The lowest BCUT2D eigenvalue weighted by molar-refractivity contribution is 0.416. The Labute approximate surface area is 60.1 Å². The second-order valence-corrected chi connectivity index (χ2v) is 4.73. The van der Waals surface area contributed by atoms with E-state index in [1.807, 2.05) is 7.11 Å². The zero-order valence-electron chi connectivity index (χ0n) is 6.74. The molecule has 0 saturated carbocycles. The van der Waals surface area contributed by atoms with Crippen LogP contribution in [0.1, 0.15) is 26.7 Å². The van der Waals surface area contributed by atoms with Crippen molar-refractivity contribution in [2.75, 3.05) is 7.11 Å². The lowest BCUT2D eigenvalue weighted by Gasteiger charge is -2.08. The van der Waals surface area contributed by atoms with E-state index in [1.165, 1.54) is 24.9 Å². The van der Waals surface area contributed by atoms with E-state index in [1.54, 1.807) is 0 Å². The van der Waals surface area contributed by atoms with Gasteiger partial charge in [0.2, 0.25) is 9.04 Å². The normalized spacial score (nSPS) is 10.7. The predicted molar refractivity (Wildman–Crippen MR) is 43.0 cm³/mol. The molecule has 0 aromatic heterocycles. The summed E-state index contributed by atoms with van der Waals surface area (Å²) in [6, 6.07) is 2.63. The minimum absolute atomic E-state index is 0.386. The van der Waals surface area contributed by atoms with Gasteiger partial charge < -0.3 is 4.43 Å². The maximum Gasteiger partial charge on any atom is 0.210 e. The van der Waals surface area contributed by atoms with Crippen molar-refractivity contribution in [3.63, 3.8) is 0 Å². The molecule has 1 radical (unpaired) electrons. The van der Waals surface area contributed by atoms with Gasteiger partial charge in [0.15, 0.2) is 0 Å². The molecule has 9 heavy (non-hydrogen) atoms. The molecule has 0 aromatic rings. The minimum Gasteiger partial charge on any atom is -0.420 e. The highest BCUT2D eigenvalue weighted by Gasteiger charge is 2.06. The Morgan fingerprint density at radius 2 is 1.56 bits per heavy atom. The number of rotatable bonds is 5. The first-order chi connectivity index (χ1) is 4.35. The van der Waals surface area contributed by atoms with Gasteiger partial charge >= 0.3 is 0 Å². The van der Waals surface area contributed by atoms with E-state index in [0.717, 1.165) is 0 Å². The van der Waals surface area contributed by atoms with Crippen LogP contribution in [0.2, 0.25) is 12.1 Å². The van der Waals surface area contributed by atoms with Crippen molar-refractivity contribution in [2.24, 2.45) is 0 Å². The molecular formula is C7H17OSi. The molecule has 0 N–H and O–H groups in total. The highest BCUT2D eigenvalue weighted by molar-refractivity contribution is 6.51. The van der Waals surface area contributed by atoms with Crippen molar-refractivity contribution < 1.29 is 4.43 Å². The van der Waals surface area contributed by atoms with Gasteiger partial charge in [-0.3, -0.25) is 0 Å². The molecule has 0 fully saturated rings. The summed E-state index contributed by atoms with van der Waals surface area (Å²) < 4.78 is 5.33. The average Bonchev–Trinajstić information content (AvgIpc) is 1.88. The molecule has 0 heterocycles. The zero-order valence-corrected chi connectivity index (χ0v) is 7.74. The van der Waals surface area contributed by atoms with Gasteiger partial charge in [0, 0.05) is 7.11 Å². The molecule has 0 spiro atoms. The second kappa shape index (κ2) is 6.30. The van der Waals surface area contributed by atoms with Gasteiger partial charge in [-0.2, -0.15) is 0 Å². The Morgan fingerprint density at radius 3 is 1.78 bits per heavy atom. The van der Waals surface area contributed by atoms with Crippen molar-refractivity contribution in [3.8, 4) is 0 Å². The number of hydrogen-bond acceptors (Lipinski definition) is 1. The van der Waals surface area contributed by atoms with Crippen molar-refractivity contribution in [2.45, 2.75) is 38.8 Å². The molecule has 1 nitrogen and oxygen atoms in total. The van der Waals surface area contributed by atoms with Crippen molar-refractivity contribution in [3.05, 3.63) is 0 Å². The third-order valence-electron chi connectivity index (χ3n) is 1.35. The van der Waals surface area contributed by atoms with Crippen LogP contribution in [0.4, 0.5) is 0 Å². The maximum absolute atomic E-state index is 5.33. The van der Waals surface area contributed by atoms with Crippen LogP contribution in [0, 0.1) is 0 Å². The van der Waals surface area contributed by atoms with E-state index in [2.05, 4.69) is 13.8 Å². The van der Waals surface area contributed by atoms with Crippen LogP contribution in [0.3, 0.4) is 0 Å². The third kappa shape index (κ3) is 4.67. The van der Waals surface area contributed by atoms with E-state index in [4.69, 9.17) is 4.43 Å². The van der Waals surface area contributed by atoms with Crippen LogP contribution in [-0.4, -0.2) is 16.2 Å². The van der Waals surface area contributed by atoms with E-state index < -0.39 is 0 Å². The first-order valence-electron chi connectivity index (χ1n) is 3.73. The Balaban J connectivity index is 3.18. The van der Waals surface area contributed by atoms with E-state index in [9.17, 15) is 0 Å². The molecular weight excluding hydrogens is 128 g/mol. The van der Waals surface area contributed by atoms with Crippen molar-refractivity contribution in [1.29, 1.82) is 0 Å². The maximum atomic E-state index is 5.33. The van der Waals surface area contributed by atoms with E-state index >= 15 is 0 Å². The highest BCUT2D eigenvalue weighted by atomic mass is 28.3. The van der Waals surface area contributed by atoms with E-state index in [0.29, 0.717) is 0 Å². The Hall–Kier alpha value is 0.177. The molecule has 0 saturated heterocycles. The van der Waals surface area contributed by atoms with Crippen LogP contribution < -0.4 is 0 Å². The molecule has 0 rings (SSSR count). The van der Waals surface area contributed by atoms with Gasteiger partial charge in [-0.15, -0.1) is 0 Å². The molecule has 0 aliphatic carbocycles. The summed E-state index contributed by atoms with van der Waals surface area (Å²) >= 11 is 0. The zero-order chi connectivity index (χ0) is 7.11. The highest BCUT2D eigenvalue weighted by Crippen LogP contribution is 2.05. The second-order valence-electron chi connectivity index (χ2n) is 2.24. The first-order valence-corrected chi connectivity index (χ1v) is 5.56. The third-order valence-corrected chi connectivity index (χ3v) is 4.04. The summed E-state index contributed by atoms with van der Waals surface area (Å²) in [5, 5.41) is 0. The largest absolute Gasteiger partial charge is 0.420 e. The van der Waals surface area contributed by atoms with Gasteiger partial charge in [-0.05, 0) is 12.1 Å². The van der Waals surface area contributed by atoms with Crippen LogP contribution >= 0.6 is 0 Å². The van der Waals surface area contributed by atoms with Gasteiger partial charge in [0.05, 0.1) is 0 Å².